The Balaban J connectivity index is 0.00000264. The number of hydrogen-bond donors (Lipinski definition) is 2. The van der Waals surface area contributed by atoms with Crippen LogP contribution in [-0.4, -0.2) is 25.6 Å². The van der Waals surface area contributed by atoms with Crippen molar-refractivity contribution in [1.82, 2.24) is 10.6 Å². The molecule has 1 amide bonds. The van der Waals surface area contributed by atoms with Crippen LogP contribution in [0.1, 0.15) is 45.2 Å². The first-order valence-electron chi connectivity index (χ1n) is 8.27. The minimum absolute atomic E-state index is 0. The average molecular weight is 341 g/mol. The number of carbonyl (C=O) groups is 1. The molecule has 1 aliphatic carbocycles. The Morgan fingerprint density at radius 1 is 1.22 bits per heavy atom. The summed E-state index contributed by atoms with van der Waals surface area (Å²) in [6.07, 6.45) is 2.60. The van der Waals surface area contributed by atoms with Crippen LogP contribution < -0.4 is 15.4 Å². The zero-order valence-electron chi connectivity index (χ0n) is 14.3. The van der Waals surface area contributed by atoms with E-state index >= 15 is 0 Å². The Hall–Kier alpha value is -1.26. The number of ether oxygens (including phenoxy) is 1. The number of nitrogens with one attached hydrogen (secondary N) is 2. The molecule has 0 aromatic heterocycles. The van der Waals surface area contributed by atoms with Gasteiger partial charge in [-0.05, 0) is 55.8 Å². The van der Waals surface area contributed by atoms with Crippen molar-refractivity contribution in [2.75, 3.05) is 19.7 Å². The van der Waals surface area contributed by atoms with Gasteiger partial charge in [0, 0.05) is 0 Å². The molecule has 1 aromatic rings. The van der Waals surface area contributed by atoms with Crippen LogP contribution >= 0.6 is 12.4 Å². The highest BCUT2D eigenvalue weighted by molar-refractivity contribution is 5.85. The molecule has 1 atom stereocenters. The molecular formula is C18H29ClN2O2. The van der Waals surface area contributed by atoms with E-state index in [1.165, 1.54) is 12.8 Å². The van der Waals surface area contributed by atoms with Gasteiger partial charge in [0.1, 0.15) is 5.75 Å². The van der Waals surface area contributed by atoms with Crippen LogP contribution in [0.2, 0.25) is 0 Å². The lowest BCUT2D eigenvalue weighted by molar-refractivity contribution is -0.120. The van der Waals surface area contributed by atoms with E-state index in [2.05, 4.69) is 24.5 Å². The molecule has 0 spiro atoms. The standard InChI is InChI=1S/C18H28N2O2.ClH/c1-13(2)12-22-17-8-6-16(7-9-17)14(3)20-18(21)11-19-10-15-4-5-15;/h6-9,13-15,19H,4-5,10-12H2,1-3H3,(H,20,21);1H. The lowest BCUT2D eigenvalue weighted by atomic mass is 10.1. The summed E-state index contributed by atoms with van der Waals surface area (Å²) in [5.74, 6) is 2.24. The van der Waals surface area contributed by atoms with E-state index in [0.717, 1.165) is 30.4 Å². The smallest absolute Gasteiger partial charge is 0.234 e. The molecule has 0 radical (unpaired) electrons. The number of amides is 1. The summed E-state index contributed by atoms with van der Waals surface area (Å²) >= 11 is 0. The van der Waals surface area contributed by atoms with Gasteiger partial charge in [-0.2, -0.15) is 0 Å². The van der Waals surface area contributed by atoms with E-state index in [1.807, 2.05) is 31.2 Å². The second kappa shape index (κ2) is 9.78. The van der Waals surface area contributed by atoms with Crippen molar-refractivity contribution in [2.24, 2.45) is 11.8 Å². The van der Waals surface area contributed by atoms with Crippen LogP contribution in [0, 0.1) is 11.8 Å². The number of hydrogen-bond acceptors (Lipinski definition) is 3. The van der Waals surface area contributed by atoms with Crippen molar-refractivity contribution in [1.29, 1.82) is 0 Å². The van der Waals surface area contributed by atoms with E-state index in [0.29, 0.717) is 12.5 Å². The first kappa shape index (κ1) is 19.8. The molecule has 1 fully saturated rings. The second-order valence-corrected chi connectivity index (χ2v) is 6.64. The van der Waals surface area contributed by atoms with Gasteiger partial charge < -0.3 is 15.4 Å². The molecule has 4 nitrogen and oxygen atoms in total. The minimum Gasteiger partial charge on any atom is -0.493 e. The Labute approximate surface area is 145 Å². The monoisotopic (exact) mass is 340 g/mol. The van der Waals surface area contributed by atoms with Gasteiger partial charge in [-0.15, -0.1) is 12.4 Å². The molecule has 130 valence electrons. The molecule has 0 bridgehead atoms. The highest BCUT2D eigenvalue weighted by Crippen LogP contribution is 2.27. The summed E-state index contributed by atoms with van der Waals surface area (Å²) < 4.78 is 5.67. The van der Waals surface area contributed by atoms with E-state index < -0.39 is 0 Å². The zero-order valence-corrected chi connectivity index (χ0v) is 15.1. The van der Waals surface area contributed by atoms with Gasteiger partial charge in [-0.25, -0.2) is 0 Å². The van der Waals surface area contributed by atoms with Gasteiger partial charge >= 0.3 is 0 Å². The summed E-state index contributed by atoms with van der Waals surface area (Å²) in [7, 11) is 0. The lowest BCUT2D eigenvalue weighted by Crippen LogP contribution is -2.36. The largest absolute Gasteiger partial charge is 0.493 e. The number of halogens is 1. The molecule has 0 aliphatic heterocycles. The lowest BCUT2D eigenvalue weighted by Gasteiger charge is -2.15. The molecular weight excluding hydrogens is 312 g/mol. The minimum atomic E-state index is 0. The number of rotatable bonds is 9. The summed E-state index contributed by atoms with van der Waals surface area (Å²) in [5, 5.41) is 6.23. The Morgan fingerprint density at radius 2 is 1.87 bits per heavy atom. The van der Waals surface area contributed by atoms with Gasteiger partial charge in [-0.1, -0.05) is 26.0 Å². The van der Waals surface area contributed by atoms with E-state index in [-0.39, 0.29) is 24.4 Å². The summed E-state index contributed by atoms with van der Waals surface area (Å²) in [6.45, 7) is 8.34. The maximum absolute atomic E-state index is 11.9. The van der Waals surface area contributed by atoms with Gasteiger partial charge in [-0.3, -0.25) is 4.79 Å². The zero-order chi connectivity index (χ0) is 15.9. The van der Waals surface area contributed by atoms with Crippen LogP contribution in [0.15, 0.2) is 24.3 Å². The maximum atomic E-state index is 11.9. The van der Waals surface area contributed by atoms with Crippen molar-refractivity contribution in [3.8, 4) is 5.75 Å². The molecule has 23 heavy (non-hydrogen) atoms. The fourth-order valence-corrected chi connectivity index (χ4v) is 2.20. The van der Waals surface area contributed by atoms with Crippen LogP contribution in [0.25, 0.3) is 0 Å². The molecule has 1 aromatic carbocycles. The quantitative estimate of drug-likeness (QED) is 0.725. The molecule has 5 heteroatoms. The predicted octanol–water partition coefficient (Wildman–Crippen LogP) is 3.32. The van der Waals surface area contributed by atoms with Gasteiger partial charge in [0.2, 0.25) is 5.91 Å². The van der Waals surface area contributed by atoms with Crippen molar-refractivity contribution >= 4 is 18.3 Å². The van der Waals surface area contributed by atoms with Crippen LogP contribution in [0.5, 0.6) is 5.75 Å². The number of carbonyl (C=O) groups excluding carboxylic acids is 1. The maximum Gasteiger partial charge on any atom is 0.234 e. The van der Waals surface area contributed by atoms with Crippen molar-refractivity contribution in [3.05, 3.63) is 29.8 Å². The van der Waals surface area contributed by atoms with Gasteiger partial charge in [0.25, 0.3) is 0 Å². The van der Waals surface area contributed by atoms with E-state index in [4.69, 9.17) is 4.74 Å². The Kier molecular flexibility index (Phi) is 8.42. The normalized spacial score (nSPS) is 15.0. The SMILES string of the molecule is CC(C)COc1ccc(C(C)NC(=O)CNCC2CC2)cc1.Cl. The number of benzene rings is 1. The predicted molar refractivity (Wildman–Crippen MR) is 96.2 cm³/mol. The van der Waals surface area contributed by atoms with Gasteiger partial charge in [0.15, 0.2) is 0 Å². The highest BCUT2D eigenvalue weighted by atomic mass is 35.5. The Morgan fingerprint density at radius 3 is 2.43 bits per heavy atom. The van der Waals surface area contributed by atoms with Gasteiger partial charge in [0.05, 0.1) is 19.2 Å². The summed E-state index contributed by atoms with van der Waals surface area (Å²) in [4.78, 5) is 11.9. The highest BCUT2D eigenvalue weighted by Gasteiger charge is 2.20. The van der Waals surface area contributed by atoms with Crippen LogP contribution in [0.4, 0.5) is 0 Å². The molecule has 0 saturated heterocycles. The average Bonchev–Trinajstić information content (AvgIpc) is 3.29. The van der Waals surface area contributed by atoms with Crippen molar-refractivity contribution < 1.29 is 9.53 Å². The van der Waals surface area contributed by atoms with E-state index in [1.54, 1.807) is 0 Å². The summed E-state index contributed by atoms with van der Waals surface area (Å²) in [5.41, 5.74) is 1.09. The third kappa shape index (κ3) is 7.71. The third-order valence-electron chi connectivity index (χ3n) is 3.76. The topological polar surface area (TPSA) is 50.4 Å². The fraction of sp³-hybridized carbons (Fsp3) is 0.611. The summed E-state index contributed by atoms with van der Waals surface area (Å²) in [6, 6.07) is 7.96. The first-order valence-corrected chi connectivity index (χ1v) is 8.27. The molecule has 2 rings (SSSR count). The van der Waals surface area contributed by atoms with E-state index in [9.17, 15) is 4.79 Å². The van der Waals surface area contributed by atoms with Crippen LogP contribution in [0.3, 0.4) is 0 Å². The van der Waals surface area contributed by atoms with Crippen molar-refractivity contribution in [3.63, 3.8) is 0 Å². The second-order valence-electron chi connectivity index (χ2n) is 6.64. The third-order valence-corrected chi connectivity index (χ3v) is 3.76. The molecule has 1 unspecified atom stereocenters. The molecule has 2 N–H and O–H groups in total. The molecule has 0 heterocycles. The Bertz CT molecular complexity index is 472. The first-order chi connectivity index (χ1) is 10.5. The molecule has 1 aliphatic rings. The molecule has 1 saturated carbocycles. The fourth-order valence-electron chi connectivity index (χ4n) is 2.20. The van der Waals surface area contributed by atoms with Crippen LogP contribution in [-0.2, 0) is 4.79 Å². The van der Waals surface area contributed by atoms with Crippen molar-refractivity contribution in [2.45, 2.75) is 39.7 Å².